The Hall–Kier alpha value is -4.59. The first kappa shape index (κ1) is 27.6. The maximum absolute atomic E-state index is 15.2. The lowest BCUT2D eigenvalue weighted by Gasteiger charge is -2.35. The zero-order valence-corrected chi connectivity index (χ0v) is 23.1. The minimum absolute atomic E-state index is 0.166. The SMILES string of the molecule is COc1cnc2c(-c3nc4cc(F)c(O[C@H]5CC(F)(F)CC[C@H]5OC(=O)Nc5ccnnc5)cc4s3)cc(C)cc2n1. The van der Waals surface area contributed by atoms with Crippen molar-refractivity contribution in [3.05, 3.63) is 60.3 Å². The van der Waals surface area contributed by atoms with E-state index in [1.165, 1.54) is 55.2 Å². The molecule has 0 spiro atoms. The largest absolute Gasteiger partial charge is 0.483 e. The predicted octanol–water partition coefficient (Wildman–Crippen LogP) is 6.34. The number of ether oxygens (including phenoxy) is 3. The van der Waals surface area contributed by atoms with Gasteiger partial charge in [-0.05, 0) is 37.1 Å². The highest BCUT2D eigenvalue weighted by molar-refractivity contribution is 7.21. The molecule has 1 aliphatic carbocycles. The molecule has 216 valence electrons. The molecule has 6 rings (SSSR count). The monoisotopic (exact) mass is 596 g/mol. The third kappa shape index (κ3) is 5.75. The molecule has 2 atom stereocenters. The number of carbonyl (C=O) groups is 1. The van der Waals surface area contributed by atoms with Crippen LogP contribution < -0.4 is 14.8 Å². The summed E-state index contributed by atoms with van der Waals surface area (Å²) in [4.78, 5) is 26.0. The van der Waals surface area contributed by atoms with E-state index >= 15 is 4.39 Å². The number of thiazole rings is 1. The molecule has 1 fully saturated rings. The van der Waals surface area contributed by atoms with Crippen LogP contribution in [0.25, 0.3) is 31.8 Å². The van der Waals surface area contributed by atoms with E-state index < -0.39 is 42.9 Å². The van der Waals surface area contributed by atoms with Gasteiger partial charge in [0.25, 0.3) is 5.92 Å². The zero-order valence-electron chi connectivity index (χ0n) is 22.3. The van der Waals surface area contributed by atoms with Crippen molar-refractivity contribution in [2.24, 2.45) is 0 Å². The molecule has 14 heteroatoms. The van der Waals surface area contributed by atoms with Crippen LogP contribution in [-0.4, -0.2) is 56.5 Å². The first-order chi connectivity index (χ1) is 20.2. The Balaban J connectivity index is 1.28. The minimum Gasteiger partial charge on any atom is -0.483 e. The quantitative estimate of drug-likeness (QED) is 0.239. The number of benzene rings is 2. The summed E-state index contributed by atoms with van der Waals surface area (Å²) < 4.78 is 61.0. The summed E-state index contributed by atoms with van der Waals surface area (Å²) in [6.07, 6.45) is -0.431. The Bertz CT molecular complexity index is 1790. The summed E-state index contributed by atoms with van der Waals surface area (Å²) in [5, 5.41) is 10.3. The van der Waals surface area contributed by atoms with Crippen LogP contribution in [0.4, 0.5) is 23.7 Å². The average molecular weight is 597 g/mol. The number of hydrogen-bond donors (Lipinski definition) is 1. The molecule has 3 heterocycles. The van der Waals surface area contributed by atoms with Gasteiger partial charge < -0.3 is 14.2 Å². The molecule has 42 heavy (non-hydrogen) atoms. The van der Waals surface area contributed by atoms with Gasteiger partial charge in [-0.1, -0.05) is 0 Å². The lowest BCUT2D eigenvalue weighted by atomic mass is 9.91. The third-order valence-electron chi connectivity index (χ3n) is 6.73. The molecular formula is C28H23F3N6O4S. The van der Waals surface area contributed by atoms with Crippen LogP contribution in [-0.2, 0) is 4.74 Å². The number of nitrogens with one attached hydrogen (secondary N) is 1. The number of fused-ring (bicyclic) bond motifs is 2. The summed E-state index contributed by atoms with van der Waals surface area (Å²) in [5.74, 6) is -3.72. The van der Waals surface area contributed by atoms with Gasteiger partial charge in [-0.2, -0.15) is 10.2 Å². The van der Waals surface area contributed by atoms with Crippen molar-refractivity contribution in [1.29, 1.82) is 0 Å². The van der Waals surface area contributed by atoms with Crippen LogP contribution in [0.2, 0.25) is 0 Å². The Morgan fingerprint density at radius 1 is 1.10 bits per heavy atom. The standard InChI is InChI=1S/C28H23F3N6O4S/c1-14-7-16(25-19(8-14)36-24(39-2)13-32-25)26-37-18-9-17(29)21(10-23(18)42-26)40-22-11-28(30,31)5-3-20(22)41-27(38)35-15-4-6-33-34-12-15/h4,6-10,12-13,20,22H,3,5,11H2,1-2H3,(H,33,35,38)/t20-,22+/m1/s1. The summed E-state index contributed by atoms with van der Waals surface area (Å²) in [5.41, 5.74) is 3.53. The van der Waals surface area contributed by atoms with Crippen molar-refractivity contribution in [2.75, 3.05) is 12.4 Å². The van der Waals surface area contributed by atoms with Crippen molar-refractivity contribution in [3.8, 4) is 22.2 Å². The number of hydrogen-bond acceptors (Lipinski definition) is 10. The average Bonchev–Trinajstić information content (AvgIpc) is 3.36. The minimum atomic E-state index is -3.07. The van der Waals surface area contributed by atoms with E-state index in [0.29, 0.717) is 43.4 Å². The molecule has 0 aliphatic heterocycles. The van der Waals surface area contributed by atoms with E-state index in [2.05, 4.69) is 30.5 Å². The van der Waals surface area contributed by atoms with E-state index in [-0.39, 0.29) is 12.2 Å². The number of aromatic nitrogens is 5. The van der Waals surface area contributed by atoms with Crippen molar-refractivity contribution >= 4 is 44.4 Å². The maximum atomic E-state index is 15.2. The van der Waals surface area contributed by atoms with Crippen LogP contribution in [0, 0.1) is 12.7 Å². The Morgan fingerprint density at radius 3 is 2.74 bits per heavy atom. The second-order valence-electron chi connectivity index (χ2n) is 9.82. The molecule has 3 aromatic heterocycles. The fraction of sp³-hybridized carbons (Fsp3) is 0.286. The van der Waals surface area contributed by atoms with Crippen LogP contribution in [0.15, 0.2) is 48.9 Å². The van der Waals surface area contributed by atoms with Gasteiger partial charge in [0, 0.05) is 24.1 Å². The fourth-order valence-corrected chi connectivity index (χ4v) is 5.77. The van der Waals surface area contributed by atoms with Gasteiger partial charge >= 0.3 is 6.09 Å². The van der Waals surface area contributed by atoms with E-state index in [0.717, 1.165) is 5.56 Å². The van der Waals surface area contributed by atoms with E-state index in [1.807, 2.05) is 19.1 Å². The van der Waals surface area contributed by atoms with E-state index in [9.17, 15) is 13.6 Å². The summed E-state index contributed by atoms with van der Waals surface area (Å²) in [7, 11) is 1.51. The van der Waals surface area contributed by atoms with Gasteiger partial charge in [0.1, 0.15) is 17.2 Å². The topological polar surface area (TPSA) is 121 Å². The molecule has 0 unspecified atom stereocenters. The van der Waals surface area contributed by atoms with Crippen LogP contribution >= 0.6 is 11.3 Å². The molecule has 0 radical (unpaired) electrons. The molecule has 5 aromatic rings. The Morgan fingerprint density at radius 2 is 1.95 bits per heavy atom. The fourth-order valence-electron chi connectivity index (χ4n) is 4.78. The summed E-state index contributed by atoms with van der Waals surface area (Å²) in [6.45, 7) is 1.91. The van der Waals surface area contributed by atoms with Crippen molar-refractivity contribution in [1.82, 2.24) is 25.1 Å². The second kappa shape index (κ2) is 11.0. The lowest BCUT2D eigenvalue weighted by Crippen LogP contribution is -2.45. The predicted molar refractivity (Wildman–Crippen MR) is 149 cm³/mol. The number of methoxy groups -OCH3 is 1. The first-order valence-electron chi connectivity index (χ1n) is 12.9. The Labute approximate surface area is 240 Å². The van der Waals surface area contributed by atoms with Gasteiger partial charge in [-0.3, -0.25) is 5.32 Å². The number of carbonyl (C=O) groups excluding carboxylic acids is 1. The van der Waals surface area contributed by atoms with Crippen LogP contribution in [0.5, 0.6) is 11.6 Å². The molecular weight excluding hydrogens is 573 g/mol. The molecule has 0 bridgehead atoms. The number of rotatable bonds is 6. The number of anilines is 1. The highest BCUT2D eigenvalue weighted by Gasteiger charge is 2.45. The molecule has 1 saturated carbocycles. The van der Waals surface area contributed by atoms with Gasteiger partial charge in [0.2, 0.25) is 5.88 Å². The number of nitrogens with zero attached hydrogens (tertiary/aromatic N) is 5. The second-order valence-corrected chi connectivity index (χ2v) is 10.8. The number of aryl methyl sites for hydroxylation is 1. The first-order valence-corrected chi connectivity index (χ1v) is 13.7. The Kier molecular flexibility index (Phi) is 7.22. The third-order valence-corrected chi connectivity index (χ3v) is 7.78. The van der Waals surface area contributed by atoms with E-state index in [4.69, 9.17) is 14.2 Å². The normalized spacial score (nSPS) is 18.1. The summed E-state index contributed by atoms with van der Waals surface area (Å²) in [6, 6.07) is 7.89. The number of alkyl halides is 2. The van der Waals surface area contributed by atoms with Crippen molar-refractivity contribution in [3.63, 3.8) is 0 Å². The molecule has 1 aliphatic rings. The maximum Gasteiger partial charge on any atom is 0.412 e. The van der Waals surface area contributed by atoms with Gasteiger partial charge in [0.15, 0.2) is 11.6 Å². The summed E-state index contributed by atoms with van der Waals surface area (Å²) >= 11 is 1.27. The van der Waals surface area contributed by atoms with Crippen molar-refractivity contribution in [2.45, 2.75) is 44.3 Å². The number of amides is 1. The molecule has 2 aromatic carbocycles. The van der Waals surface area contributed by atoms with Crippen LogP contribution in [0.3, 0.4) is 0 Å². The highest BCUT2D eigenvalue weighted by Crippen LogP contribution is 2.40. The van der Waals surface area contributed by atoms with Gasteiger partial charge in [-0.15, -0.1) is 11.3 Å². The highest BCUT2D eigenvalue weighted by atomic mass is 32.1. The zero-order chi connectivity index (χ0) is 29.4. The number of halogens is 3. The molecule has 10 nitrogen and oxygen atoms in total. The molecule has 0 saturated heterocycles. The van der Waals surface area contributed by atoms with Gasteiger partial charge in [-0.25, -0.2) is 32.9 Å². The lowest BCUT2D eigenvalue weighted by molar-refractivity contribution is -0.114. The molecule has 1 amide bonds. The molecule has 1 N–H and O–H groups in total. The van der Waals surface area contributed by atoms with Crippen LogP contribution in [0.1, 0.15) is 24.8 Å². The van der Waals surface area contributed by atoms with Gasteiger partial charge in [0.05, 0.1) is 59.1 Å². The van der Waals surface area contributed by atoms with E-state index in [1.54, 1.807) is 0 Å². The van der Waals surface area contributed by atoms with Crippen molar-refractivity contribution < 1.29 is 32.2 Å². The smallest absolute Gasteiger partial charge is 0.412 e.